The second-order valence-electron chi connectivity index (χ2n) is 4.06. The summed E-state index contributed by atoms with van der Waals surface area (Å²) in [6.45, 7) is -0.0308. The van der Waals surface area contributed by atoms with Gasteiger partial charge in [-0.2, -0.15) is 0 Å². The fraction of sp³-hybridized carbons (Fsp3) is 0.364. The van der Waals surface area contributed by atoms with Gasteiger partial charge in [0.05, 0.1) is 24.0 Å². The molecule has 0 aromatic carbocycles. The highest BCUT2D eigenvalue weighted by atomic mass is 35.5. The van der Waals surface area contributed by atoms with E-state index in [1.807, 2.05) is 0 Å². The minimum atomic E-state index is -0.394. The lowest BCUT2D eigenvalue weighted by Crippen LogP contribution is -2.37. The fourth-order valence-corrected chi connectivity index (χ4v) is 1.42. The molecule has 1 rings (SSSR count). The largest absolute Gasteiger partial charge is 0.397 e. The van der Waals surface area contributed by atoms with Gasteiger partial charge in [0.15, 0.2) is 0 Å². The highest BCUT2D eigenvalue weighted by Gasteiger charge is 2.19. The number of rotatable bonds is 3. The Morgan fingerprint density at radius 1 is 1.39 bits per heavy atom. The molecule has 0 saturated carbocycles. The maximum absolute atomic E-state index is 12.1. The number of carbonyl (C=O) groups is 2. The van der Waals surface area contributed by atoms with Gasteiger partial charge in [-0.15, -0.1) is 0 Å². The van der Waals surface area contributed by atoms with Crippen LogP contribution in [0.2, 0.25) is 5.15 Å². The molecular weight excluding hydrogens is 256 g/mol. The van der Waals surface area contributed by atoms with E-state index in [0.717, 1.165) is 0 Å². The highest BCUT2D eigenvalue weighted by molar-refractivity contribution is 6.32. The van der Waals surface area contributed by atoms with E-state index in [-0.39, 0.29) is 23.2 Å². The van der Waals surface area contributed by atoms with Crippen molar-refractivity contribution >= 4 is 29.1 Å². The smallest absolute Gasteiger partial charge is 0.257 e. The average Bonchev–Trinajstić information content (AvgIpc) is 2.31. The van der Waals surface area contributed by atoms with Crippen LogP contribution >= 0.6 is 11.6 Å². The van der Waals surface area contributed by atoms with Gasteiger partial charge in [0.1, 0.15) is 5.15 Å². The second-order valence-corrected chi connectivity index (χ2v) is 4.41. The third-order valence-corrected chi connectivity index (χ3v) is 2.61. The number of halogens is 1. The lowest BCUT2D eigenvalue weighted by molar-refractivity contribution is -0.129. The van der Waals surface area contributed by atoms with Gasteiger partial charge in [-0.05, 0) is 6.07 Å². The van der Waals surface area contributed by atoms with Crippen molar-refractivity contribution in [3.63, 3.8) is 0 Å². The summed E-state index contributed by atoms with van der Waals surface area (Å²) in [5.74, 6) is -0.575. The number of nitrogens with two attached hydrogens (primary N) is 1. The van der Waals surface area contributed by atoms with Crippen molar-refractivity contribution in [1.29, 1.82) is 0 Å². The van der Waals surface area contributed by atoms with Crippen molar-refractivity contribution in [2.24, 2.45) is 0 Å². The van der Waals surface area contributed by atoms with Crippen LogP contribution in [-0.4, -0.2) is 54.3 Å². The van der Waals surface area contributed by atoms with Crippen molar-refractivity contribution < 1.29 is 9.59 Å². The molecule has 0 atom stereocenters. The molecule has 2 amide bonds. The van der Waals surface area contributed by atoms with Crippen LogP contribution in [-0.2, 0) is 4.79 Å². The number of hydrogen-bond acceptors (Lipinski definition) is 4. The quantitative estimate of drug-likeness (QED) is 0.810. The number of anilines is 1. The number of likely N-dealkylation sites (N-methyl/N-ethyl adjacent to an activating group) is 2. The number of hydrogen-bond donors (Lipinski definition) is 1. The fourth-order valence-electron chi connectivity index (χ4n) is 1.24. The Kier molecular flexibility index (Phi) is 4.49. The predicted octanol–water partition coefficient (Wildman–Crippen LogP) is 0.477. The number of amides is 2. The molecule has 0 aliphatic heterocycles. The van der Waals surface area contributed by atoms with Crippen LogP contribution in [0.15, 0.2) is 12.3 Å². The van der Waals surface area contributed by atoms with Gasteiger partial charge in [-0.3, -0.25) is 9.59 Å². The molecule has 0 spiro atoms. The number of nitrogens with zero attached hydrogens (tertiary/aromatic N) is 3. The monoisotopic (exact) mass is 270 g/mol. The zero-order chi connectivity index (χ0) is 13.9. The highest BCUT2D eigenvalue weighted by Crippen LogP contribution is 2.17. The molecule has 18 heavy (non-hydrogen) atoms. The molecule has 1 heterocycles. The van der Waals surface area contributed by atoms with Crippen LogP contribution in [0, 0.1) is 0 Å². The molecule has 0 saturated heterocycles. The molecule has 1 aromatic rings. The SMILES string of the molecule is CN(C)C(=O)CN(C)C(=O)c1cc(N)cnc1Cl. The Morgan fingerprint density at radius 3 is 2.56 bits per heavy atom. The zero-order valence-electron chi connectivity index (χ0n) is 10.5. The minimum Gasteiger partial charge on any atom is -0.397 e. The number of aromatic nitrogens is 1. The molecule has 1 aromatic heterocycles. The summed E-state index contributed by atoms with van der Waals surface area (Å²) >= 11 is 5.82. The first-order valence-electron chi connectivity index (χ1n) is 5.19. The van der Waals surface area contributed by atoms with Crippen LogP contribution in [0.25, 0.3) is 0 Å². The van der Waals surface area contributed by atoms with Crippen LogP contribution < -0.4 is 5.73 Å². The van der Waals surface area contributed by atoms with E-state index in [4.69, 9.17) is 17.3 Å². The van der Waals surface area contributed by atoms with Gasteiger partial charge in [0.2, 0.25) is 5.91 Å². The molecule has 0 fully saturated rings. The standard InChI is InChI=1S/C11H15ClN4O2/c1-15(2)9(17)6-16(3)11(18)8-4-7(13)5-14-10(8)12/h4-5H,6,13H2,1-3H3. The van der Waals surface area contributed by atoms with Crippen LogP contribution in [0.1, 0.15) is 10.4 Å². The summed E-state index contributed by atoms with van der Waals surface area (Å²) < 4.78 is 0. The molecular formula is C11H15ClN4O2. The number of pyridine rings is 1. The van der Waals surface area contributed by atoms with Gasteiger partial charge in [-0.25, -0.2) is 4.98 Å². The third kappa shape index (κ3) is 3.33. The summed E-state index contributed by atoms with van der Waals surface area (Å²) in [5.41, 5.74) is 6.08. The molecule has 0 aliphatic carbocycles. The molecule has 6 nitrogen and oxygen atoms in total. The lowest BCUT2D eigenvalue weighted by atomic mass is 10.2. The van der Waals surface area contributed by atoms with E-state index in [1.54, 1.807) is 14.1 Å². The maximum Gasteiger partial charge on any atom is 0.257 e. The topological polar surface area (TPSA) is 79.5 Å². The first-order valence-corrected chi connectivity index (χ1v) is 5.57. The molecule has 0 bridgehead atoms. The summed E-state index contributed by atoms with van der Waals surface area (Å²) in [7, 11) is 4.76. The summed E-state index contributed by atoms with van der Waals surface area (Å²) in [5, 5.41) is 0.0679. The third-order valence-electron chi connectivity index (χ3n) is 2.31. The Labute approximate surface area is 110 Å². The average molecular weight is 271 g/mol. The maximum atomic E-state index is 12.1. The Balaban J connectivity index is 2.87. The zero-order valence-corrected chi connectivity index (χ0v) is 11.2. The van der Waals surface area contributed by atoms with Gasteiger partial charge in [0.25, 0.3) is 5.91 Å². The normalized spacial score (nSPS) is 10.0. The van der Waals surface area contributed by atoms with Crippen molar-refractivity contribution in [3.05, 3.63) is 23.0 Å². The van der Waals surface area contributed by atoms with E-state index < -0.39 is 5.91 Å². The summed E-state index contributed by atoms with van der Waals surface area (Å²) in [4.78, 5) is 30.0. The van der Waals surface area contributed by atoms with Crippen molar-refractivity contribution in [2.45, 2.75) is 0 Å². The predicted molar refractivity (Wildman–Crippen MR) is 69.3 cm³/mol. The minimum absolute atomic E-state index is 0.0308. The van der Waals surface area contributed by atoms with Gasteiger partial charge >= 0.3 is 0 Å². The van der Waals surface area contributed by atoms with Crippen molar-refractivity contribution in [3.8, 4) is 0 Å². The van der Waals surface area contributed by atoms with Crippen LogP contribution in [0.4, 0.5) is 5.69 Å². The molecule has 0 unspecified atom stereocenters. The molecule has 98 valence electrons. The molecule has 7 heteroatoms. The van der Waals surface area contributed by atoms with E-state index in [1.165, 1.54) is 29.1 Å². The van der Waals surface area contributed by atoms with Crippen molar-refractivity contribution in [1.82, 2.24) is 14.8 Å². The first-order chi connectivity index (χ1) is 8.32. The van der Waals surface area contributed by atoms with E-state index in [9.17, 15) is 9.59 Å². The molecule has 0 radical (unpaired) electrons. The van der Waals surface area contributed by atoms with E-state index in [0.29, 0.717) is 5.69 Å². The van der Waals surface area contributed by atoms with Crippen LogP contribution in [0.3, 0.4) is 0 Å². The number of nitrogen functional groups attached to an aromatic ring is 1. The van der Waals surface area contributed by atoms with Gasteiger partial charge < -0.3 is 15.5 Å². The summed E-state index contributed by atoms with van der Waals surface area (Å²) in [6.07, 6.45) is 1.37. The first kappa shape index (κ1) is 14.2. The van der Waals surface area contributed by atoms with Crippen molar-refractivity contribution in [2.75, 3.05) is 33.4 Å². The Hall–Kier alpha value is -1.82. The second kappa shape index (κ2) is 5.68. The number of carbonyl (C=O) groups excluding carboxylic acids is 2. The Bertz CT molecular complexity index is 476. The van der Waals surface area contributed by atoms with Gasteiger partial charge in [0, 0.05) is 21.1 Å². The van der Waals surface area contributed by atoms with E-state index in [2.05, 4.69) is 4.98 Å². The molecule has 2 N–H and O–H groups in total. The molecule has 0 aliphatic rings. The Morgan fingerprint density at radius 2 is 2.00 bits per heavy atom. The lowest BCUT2D eigenvalue weighted by Gasteiger charge is -2.19. The summed E-state index contributed by atoms with van der Waals surface area (Å²) in [6, 6.07) is 1.44. The van der Waals surface area contributed by atoms with Crippen LogP contribution in [0.5, 0.6) is 0 Å². The van der Waals surface area contributed by atoms with Gasteiger partial charge in [-0.1, -0.05) is 11.6 Å². The van der Waals surface area contributed by atoms with E-state index >= 15 is 0 Å².